The van der Waals surface area contributed by atoms with Gasteiger partial charge in [0.1, 0.15) is 11.5 Å². The van der Waals surface area contributed by atoms with Crippen LogP contribution in [0.2, 0.25) is 0 Å². The van der Waals surface area contributed by atoms with Crippen LogP contribution in [0.15, 0.2) is 36.4 Å². The Bertz CT molecular complexity index is 1300. The van der Waals surface area contributed by atoms with Gasteiger partial charge < -0.3 is 4.74 Å². The van der Waals surface area contributed by atoms with Gasteiger partial charge >= 0.3 is 0 Å². The van der Waals surface area contributed by atoms with Crippen LogP contribution in [0.4, 0.5) is 0 Å². The van der Waals surface area contributed by atoms with E-state index in [0.717, 1.165) is 24.2 Å². The molecule has 7 nitrogen and oxygen atoms in total. The fourth-order valence-corrected chi connectivity index (χ4v) is 6.68. The van der Waals surface area contributed by atoms with E-state index >= 15 is 0 Å². The molecule has 1 saturated carbocycles. The Morgan fingerprint density at radius 3 is 1.91 bits per heavy atom. The van der Waals surface area contributed by atoms with Gasteiger partial charge in [-0.3, -0.25) is 29.0 Å². The van der Waals surface area contributed by atoms with E-state index < -0.39 is 0 Å². The highest BCUT2D eigenvalue weighted by Gasteiger charge is 2.45. The van der Waals surface area contributed by atoms with Crippen molar-refractivity contribution in [3.63, 3.8) is 0 Å². The zero-order valence-electron chi connectivity index (χ0n) is 20.8. The van der Waals surface area contributed by atoms with Gasteiger partial charge in [0.25, 0.3) is 23.6 Å². The second-order valence-electron chi connectivity index (χ2n) is 11.5. The molecule has 2 aromatic rings. The van der Waals surface area contributed by atoms with Crippen molar-refractivity contribution in [3.8, 4) is 11.5 Å². The summed E-state index contributed by atoms with van der Waals surface area (Å²) < 4.78 is 5.91. The van der Waals surface area contributed by atoms with Gasteiger partial charge in [-0.15, -0.1) is 0 Å². The second-order valence-corrected chi connectivity index (χ2v) is 11.5. The van der Waals surface area contributed by atoms with Crippen molar-refractivity contribution in [2.24, 2.45) is 16.7 Å². The molecule has 7 heteroatoms. The number of amides is 4. The molecule has 0 saturated heterocycles. The Labute approximate surface area is 205 Å². The topological polar surface area (TPSA) is 84.0 Å². The highest BCUT2D eigenvalue weighted by atomic mass is 16.5. The van der Waals surface area contributed by atoms with Gasteiger partial charge in [0, 0.05) is 13.6 Å². The molecule has 3 aliphatic rings. The lowest BCUT2D eigenvalue weighted by atomic mass is 9.61. The van der Waals surface area contributed by atoms with Crippen LogP contribution in [0.5, 0.6) is 11.5 Å². The van der Waals surface area contributed by atoms with Crippen LogP contribution >= 0.6 is 0 Å². The average molecular weight is 475 g/mol. The Morgan fingerprint density at radius 1 is 0.800 bits per heavy atom. The number of hydrogen-bond donors (Lipinski definition) is 0. The normalized spacial score (nSPS) is 25.2. The molecule has 1 fully saturated rings. The summed E-state index contributed by atoms with van der Waals surface area (Å²) in [4.78, 5) is 53.3. The van der Waals surface area contributed by atoms with E-state index in [-0.39, 0.29) is 40.0 Å². The van der Waals surface area contributed by atoms with Gasteiger partial charge in [-0.1, -0.05) is 27.7 Å². The van der Waals surface area contributed by atoms with Crippen molar-refractivity contribution in [3.05, 3.63) is 58.7 Å². The number of benzene rings is 2. The zero-order valence-corrected chi connectivity index (χ0v) is 20.8. The van der Waals surface area contributed by atoms with Crippen LogP contribution in [0.1, 0.15) is 88.4 Å². The lowest BCUT2D eigenvalue weighted by Gasteiger charge is -2.47. The predicted octanol–water partition coefficient (Wildman–Crippen LogP) is 5.15. The van der Waals surface area contributed by atoms with Crippen LogP contribution in [0.3, 0.4) is 0 Å². The van der Waals surface area contributed by atoms with Crippen LogP contribution in [-0.2, 0) is 0 Å². The number of ether oxygens (including phenoxy) is 1. The number of carbonyl (C=O) groups is 4. The lowest BCUT2D eigenvalue weighted by Crippen LogP contribution is -2.45. The quantitative estimate of drug-likeness (QED) is 0.572. The molecule has 2 heterocycles. The summed E-state index contributed by atoms with van der Waals surface area (Å²) in [5.41, 5.74) is 1.37. The average Bonchev–Trinajstić information content (AvgIpc) is 3.12. The van der Waals surface area contributed by atoms with E-state index in [2.05, 4.69) is 27.7 Å². The largest absolute Gasteiger partial charge is 0.457 e. The first kappa shape index (κ1) is 23.3. The molecule has 0 aromatic heterocycles. The Hall–Kier alpha value is -3.48. The first-order valence-corrected chi connectivity index (χ1v) is 12.0. The summed E-state index contributed by atoms with van der Waals surface area (Å²) >= 11 is 0. The number of rotatable bonds is 4. The number of carbonyl (C=O) groups excluding carboxylic acids is 4. The predicted molar refractivity (Wildman–Crippen MR) is 130 cm³/mol. The first-order valence-electron chi connectivity index (χ1n) is 12.0. The summed E-state index contributed by atoms with van der Waals surface area (Å²) in [5, 5.41) is 0. The molecule has 2 unspecified atom stereocenters. The van der Waals surface area contributed by atoms with E-state index in [1.165, 1.54) is 18.0 Å². The van der Waals surface area contributed by atoms with Crippen LogP contribution in [0.25, 0.3) is 0 Å². The summed E-state index contributed by atoms with van der Waals surface area (Å²) in [6.45, 7) is 9.34. The molecular weight excluding hydrogens is 444 g/mol. The maximum atomic E-state index is 13.3. The molecule has 0 spiro atoms. The summed E-state index contributed by atoms with van der Waals surface area (Å²) in [5.74, 6) is 0.00295. The van der Waals surface area contributed by atoms with Crippen LogP contribution < -0.4 is 4.74 Å². The molecule has 182 valence electrons. The maximum Gasteiger partial charge on any atom is 0.261 e. The highest BCUT2D eigenvalue weighted by Crippen LogP contribution is 2.49. The molecule has 0 N–H and O–H groups in total. The number of fused-ring (bicyclic) bond motifs is 2. The fraction of sp³-hybridized carbons (Fsp3) is 0.429. The summed E-state index contributed by atoms with van der Waals surface area (Å²) in [6.07, 6.45) is 3.08. The van der Waals surface area contributed by atoms with Crippen molar-refractivity contribution >= 4 is 23.6 Å². The Kier molecular flexibility index (Phi) is 5.16. The van der Waals surface area contributed by atoms with E-state index in [4.69, 9.17) is 4.74 Å². The molecular formula is C28H30N2O5. The molecule has 2 atom stereocenters. The highest BCUT2D eigenvalue weighted by molar-refractivity contribution is 6.22. The molecule has 0 bridgehead atoms. The summed E-state index contributed by atoms with van der Waals surface area (Å²) in [6, 6.07) is 9.55. The number of hydrogen-bond acceptors (Lipinski definition) is 5. The third-order valence-corrected chi connectivity index (χ3v) is 7.43. The van der Waals surface area contributed by atoms with Gasteiger partial charge in [0.2, 0.25) is 0 Å². The zero-order chi connectivity index (χ0) is 25.3. The standard InChI is InChI=1S/C28H30N2O5/c1-16-12-27(2,3)14-28(4,13-16)15-30-25(33)20-9-7-18(11-22(20)26(30)34)35-17-6-8-19-21(10-17)24(32)29(5)23(19)31/h6-11,16H,12-15H2,1-5H3. The third-order valence-electron chi connectivity index (χ3n) is 7.43. The van der Waals surface area contributed by atoms with Gasteiger partial charge in [-0.2, -0.15) is 0 Å². The number of imide groups is 2. The van der Waals surface area contributed by atoms with Crippen molar-refractivity contribution in [2.45, 2.75) is 47.0 Å². The second kappa shape index (κ2) is 7.77. The fourth-order valence-electron chi connectivity index (χ4n) is 6.68. The Morgan fingerprint density at radius 2 is 1.31 bits per heavy atom. The smallest absolute Gasteiger partial charge is 0.261 e. The van der Waals surface area contributed by atoms with E-state index in [1.54, 1.807) is 30.3 Å². The first-order chi connectivity index (χ1) is 16.4. The molecule has 0 radical (unpaired) electrons. The van der Waals surface area contributed by atoms with E-state index in [0.29, 0.717) is 40.7 Å². The molecule has 1 aliphatic carbocycles. The Balaban J connectivity index is 1.37. The van der Waals surface area contributed by atoms with Gasteiger partial charge in [0.05, 0.1) is 22.3 Å². The van der Waals surface area contributed by atoms with Crippen molar-refractivity contribution < 1.29 is 23.9 Å². The molecule has 4 amide bonds. The maximum absolute atomic E-state index is 13.3. The third kappa shape index (κ3) is 3.93. The molecule has 2 aliphatic heterocycles. The minimum Gasteiger partial charge on any atom is -0.457 e. The van der Waals surface area contributed by atoms with Crippen LogP contribution in [0, 0.1) is 16.7 Å². The SMILES string of the molecule is CC1CC(C)(C)CC(C)(CN2C(=O)c3ccc(Oc4ccc5c(c4)C(=O)N(C)C5=O)cc3C2=O)C1. The van der Waals surface area contributed by atoms with Crippen molar-refractivity contribution in [2.75, 3.05) is 13.6 Å². The minimum atomic E-state index is -0.380. The van der Waals surface area contributed by atoms with Gasteiger partial charge in [0.15, 0.2) is 0 Å². The van der Waals surface area contributed by atoms with Gasteiger partial charge in [-0.25, -0.2) is 0 Å². The minimum absolute atomic E-state index is 0.130. The van der Waals surface area contributed by atoms with E-state index in [9.17, 15) is 19.2 Å². The lowest BCUT2D eigenvalue weighted by molar-refractivity contribution is 0.0260. The molecule has 5 rings (SSSR count). The van der Waals surface area contributed by atoms with Gasteiger partial charge in [-0.05, 0) is 72.4 Å². The van der Waals surface area contributed by atoms with Crippen molar-refractivity contribution in [1.82, 2.24) is 9.80 Å². The monoisotopic (exact) mass is 474 g/mol. The van der Waals surface area contributed by atoms with Crippen molar-refractivity contribution in [1.29, 1.82) is 0 Å². The molecule has 35 heavy (non-hydrogen) atoms. The molecule has 2 aromatic carbocycles. The summed E-state index contributed by atoms with van der Waals surface area (Å²) in [7, 11) is 1.44. The van der Waals surface area contributed by atoms with E-state index in [1.807, 2.05) is 0 Å². The number of nitrogens with zero attached hydrogens (tertiary/aromatic N) is 2. The van der Waals surface area contributed by atoms with Crippen LogP contribution in [-0.4, -0.2) is 47.0 Å².